The van der Waals surface area contributed by atoms with Crippen molar-refractivity contribution in [3.63, 3.8) is 0 Å². The molecule has 0 radical (unpaired) electrons. The van der Waals surface area contributed by atoms with Crippen LogP contribution in [0.25, 0.3) is 0 Å². The Morgan fingerprint density at radius 2 is 2.38 bits per heavy atom. The first-order valence-electron chi connectivity index (χ1n) is 5.19. The highest BCUT2D eigenvalue weighted by atomic mass is 16.5. The van der Waals surface area contributed by atoms with E-state index >= 15 is 0 Å². The lowest BCUT2D eigenvalue weighted by Crippen LogP contribution is -2.36. The third kappa shape index (κ3) is 3.63. The lowest BCUT2D eigenvalue weighted by Gasteiger charge is -2.25. The molecular weight excluding hydrogens is 166 g/mol. The van der Waals surface area contributed by atoms with Gasteiger partial charge >= 0.3 is 0 Å². The summed E-state index contributed by atoms with van der Waals surface area (Å²) in [7, 11) is 0. The zero-order valence-corrected chi connectivity index (χ0v) is 8.70. The molecule has 3 heteroatoms. The summed E-state index contributed by atoms with van der Waals surface area (Å²) < 4.78 is 5.72. The van der Waals surface area contributed by atoms with Gasteiger partial charge in [0.25, 0.3) is 0 Å². The summed E-state index contributed by atoms with van der Waals surface area (Å²) in [5.41, 5.74) is 0. The Bertz CT molecular complexity index is 144. The van der Waals surface area contributed by atoms with Crippen LogP contribution in [0.1, 0.15) is 21.7 Å². The van der Waals surface area contributed by atoms with Crippen molar-refractivity contribution in [1.82, 2.24) is 4.90 Å². The van der Waals surface area contributed by atoms with E-state index in [1.54, 1.807) is 0 Å². The highest BCUT2D eigenvalue weighted by Crippen LogP contribution is 2.12. The predicted molar refractivity (Wildman–Crippen MR) is 54.8 cm³/mol. The third-order valence-electron chi connectivity index (χ3n) is 2.55. The SMILES string of the molecule is CC(C)C1CN(CCO)CCCO1.[HH]. The molecule has 1 aliphatic heterocycles. The number of hydrogen-bond donors (Lipinski definition) is 1. The van der Waals surface area contributed by atoms with Gasteiger partial charge in [0, 0.05) is 27.7 Å². The van der Waals surface area contributed by atoms with Gasteiger partial charge in [-0.3, -0.25) is 4.90 Å². The van der Waals surface area contributed by atoms with Crippen LogP contribution in [0.15, 0.2) is 0 Å². The van der Waals surface area contributed by atoms with Crippen molar-refractivity contribution in [2.24, 2.45) is 5.92 Å². The average molecular weight is 189 g/mol. The minimum absolute atomic E-state index is 0. The van der Waals surface area contributed by atoms with Gasteiger partial charge in [-0.1, -0.05) is 13.8 Å². The van der Waals surface area contributed by atoms with Crippen LogP contribution in [-0.2, 0) is 4.74 Å². The highest BCUT2D eigenvalue weighted by Gasteiger charge is 2.20. The molecule has 1 atom stereocenters. The van der Waals surface area contributed by atoms with E-state index in [1.807, 2.05) is 0 Å². The van der Waals surface area contributed by atoms with Crippen molar-refractivity contribution >= 4 is 0 Å². The first-order chi connectivity index (χ1) is 6.24. The maximum absolute atomic E-state index is 8.85. The largest absolute Gasteiger partial charge is 0.395 e. The van der Waals surface area contributed by atoms with Gasteiger partial charge in [-0.05, 0) is 12.3 Å². The number of β-amino-alcohol motifs (C(OH)–C–C–N with tert-alkyl or cyclic N) is 1. The topological polar surface area (TPSA) is 32.7 Å². The van der Waals surface area contributed by atoms with Crippen LogP contribution in [-0.4, -0.2) is 49.0 Å². The van der Waals surface area contributed by atoms with Crippen LogP contribution >= 0.6 is 0 Å². The Labute approximate surface area is 82.2 Å². The summed E-state index contributed by atoms with van der Waals surface area (Å²) in [5.74, 6) is 0.569. The van der Waals surface area contributed by atoms with Crippen LogP contribution in [0.5, 0.6) is 0 Å². The van der Waals surface area contributed by atoms with Gasteiger partial charge in [-0.2, -0.15) is 0 Å². The van der Waals surface area contributed by atoms with E-state index in [1.165, 1.54) is 0 Å². The summed E-state index contributed by atoms with van der Waals surface area (Å²) in [6.07, 6.45) is 1.43. The molecule has 1 fully saturated rings. The molecule has 0 bridgehead atoms. The Kier molecular flexibility index (Phi) is 4.70. The normalized spacial score (nSPS) is 26.3. The summed E-state index contributed by atoms with van der Waals surface area (Å²) in [6.45, 7) is 8.31. The standard InChI is InChI=1S/C10H21NO2.H2/c1-9(2)10-8-11(5-6-12)4-3-7-13-10;/h9-10,12H,3-8H2,1-2H3;1H. The first kappa shape index (κ1) is 11.0. The maximum atomic E-state index is 8.85. The number of rotatable bonds is 3. The molecule has 13 heavy (non-hydrogen) atoms. The van der Waals surface area contributed by atoms with Gasteiger partial charge in [0.15, 0.2) is 0 Å². The molecule has 1 unspecified atom stereocenters. The highest BCUT2D eigenvalue weighted by molar-refractivity contribution is 4.72. The second-order valence-electron chi connectivity index (χ2n) is 4.03. The molecule has 1 N–H and O–H groups in total. The fourth-order valence-electron chi connectivity index (χ4n) is 1.67. The van der Waals surface area contributed by atoms with E-state index in [2.05, 4.69) is 18.7 Å². The van der Waals surface area contributed by atoms with E-state index in [-0.39, 0.29) is 8.03 Å². The van der Waals surface area contributed by atoms with Crippen LogP contribution in [0, 0.1) is 5.92 Å². The summed E-state index contributed by atoms with van der Waals surface area (Å²) >= 11 is 0. The molecule has 3 nitrogen and oxygen atoms in total. The monoisotopic (exact) mass is 189 g/mol. The first-order valence-corrected chi connectivity index (χ1v) is 5.19. The predicted octanol–water partition coefficient (Wildman–Crippen LogP) is 0.972. The molecule has 1 aliphatic rings. The van der Waals surface area contributed by atoms with Gasteiger partial charge in [0.05, 0.1) is 12.7 Å². The van der Waals surface area contributed by atoms with Gasteiger partial charge in [0.1, 0.15) is 0 Å². The van der Waals surface area contributed by atoms with Crippen molar-refractivity contribution in [2.75, 3.05) is 32.8 Å². The summed E-state index contributed by atoms with van der Waals surface area (Å²) in [4.78, 5) is 2.29. The Morgan fingerprint density at radius 1 is 1.62 bits per heavy atom. The van der Waals surface area contributed by atoms with Crippen LogP contribution < -0.4 is 0 Å². The summed E-state index contributed by atoms with van der Waals surface area (Å²) in [6, 6.07) is 0. The van der Waals surface area contributed by atoms with E-state index in [9.17, 15) is 0 Å². The van der Waals surface area contributed by atoms with E-state index in [4.69, 9.17) is 9.84 Å². The van der Waals surface area contributed by atoms with Crippen molar-refractivity contribution in [3.8, 4) is 0 Å². The zero-order chi connectivity index (χ0) is 9.68. The quantitative estimate of drug-likeness (QED) is 0.718. The number of hydrogen-bond acceptors (Lipinski definition) is 3. The van der Waals surface area contributed by atoms with Crippen LogP contribution in [0.4, 0.5) is 0 Å². The third-order valence-corrected chi connectivity index (χ3v) is 2.55. The molecule has 80 valence electrons. The second-order valence-corrected chi connectivity index (χ2v) is 4.03. The molecule has 1 saturated heterocycles. The number of ether oxygens (including phenoxy) is 1. The molecule has 1 heterocycles. The molecular formula is C10H23NO2. The van der Waals surface area contributed by atoms with Gasteiger partial charge in [0.2, 0.25) is 0 Å². The maximum Gasteiger partial charge on any atom is 0.0724 e. The second kappa shape index (κ2) is 5.58. The fourth-order valence-corrected chi connectivity index (χ4v) is 1.67. The van der Waals surface area contributed by atoms with Crippen molar-refractivity contribution < 1.29 is 11.3 Å². The molecule has 0 aliphatic carbocycles. The summed E-state index contributed by atoms with van der Waals surface area (Å²) in [5, 5.41) is 8.85. The van der Waals surface area contributed by atoms with Gasteiger partial charge < -0.3 is 9.84 Å². The Balaban J connectivity index is 0.00000169. The molecule has 0 aromatic rings. The lowest BCUT2D eigenvalue weighted by molar-refractivity contribution is 0.0214. The van der Waals surface area contributed by atoms with Crippen molar-refractivity contribution in [2.45, 2.75) is 26.4 Å². The van der Waals surface area contributed by atoms with E-state index in [0.717, 1.165) is 32.7 Å². The molecule has 0 aromatic carbocycles. The lowest BCUT2D eigenvalue weighted by atomic mass is 10.1. The average Bonchev–Trinajstić information content (AvgIpc) is 2.30. The van der Waals surface area contributed by atoms with E-state index in [0.29, 0.717) is 12.0 Å². The van der Waals surface area contributed by atoms with Gasteiger partial charge in [-0.15, -0.1) is 0 Å². The fraction of sp³-hybridized carbons (Fsp3) is 1.00. The molecule has 1 rings (SSSR count). The molecule has 0 spiro atoms. The molecule has 0 amide bonds. The zero-order valence-electron chi connectivity index (χ0n) is 8.70. The van der Waals surface area contributed by atoms with Crippen molar-refractivity contribution in [1.29, 1.82) is 0 Å². The minimum atomic E-state index is 0. The van der Waals surface area contributed by atoms with Crippen LogP contribution in [0.3, 0.4) is 0 Å². The minimum Gasteiger partial charge on any atom is -0.395 e. The van der Waals surface area contributed by atoms with Crippen LogP contribution in [0.2, 0.25) is 0 Å². The van der Waals surface area contributed by atoms with Crippen molar-refractivity contribution in [3.05, 3.63) is 0 Å². The molecule has 0 aromatic heterocycles. The molecule has 0 saturated carbocycles. The van der Waals surface area contributed by atoms with Gasteiger partial charge in [-0.25, -0.2) is 0 Å². The number of aliphatic hydroxyl groups excluding tert-OH is 1. The van der Waals surface area contributed by atoms with E-state index < -0.39 is 0 Å². The Morgan fingerprint density at radius 3 is 3.00 bits per heavy atom. The number of nitrogens with zero attached hydrogens (tertiary/aromatic N) is 1. The number of aliphatic hydroxyl groups is 1. The Hall–Kier alpha value is -0.120. The smallest absolute Gasteiger partial charge is 0.0724 e.